The van der Waals surface area contributed by atoms with Crippen LogP contribution in [0.1, 0.15) is 11.1 Å². The fraction of sp³-hybridized carbons (Fsp3) is 0.167. The molecule has 2 rings (SSSR count). The molecule has 0 aliphatic carbocycles. The van der Waals surface area contributed by atoms with Crippen molar-refractivity contribution < 1.29 is 9.66 Å². The van der Waals surface area contributed by atoms with Gasteiger partial charge in [-0.1, -0.05) is 0 Å². The van der Waals surface area contributed by atoms with E-state index in [1.54, 1.807) is 18.2 Å². The molecule has 0 unspecified atom stereocenters. The summed E-state index contributed by atoms with van der Waals surface area (Å²) in [5.41, 5.74) is 1.16. The fourth-order valence-corrected chi connectivity index (χ4v) is 1.68. The van der Waals surface area contributed by atoms with Gasteiger partial charge in [-0.15, -0.1) is 0 Å². The molecular weight excluding hydrogens is 248 g/mol. The number of aromatic nitrogens is 2. The van der Waals surface area contributed by atoms with E-state index in [-0.39, 0.29) is 5.69 Å². The third-order valence-electron chi connectivity index (χ3n) is 2.57. The summed E-state index contributed by atoms with van der Waals surface area (Å²) in [4.78, 5) is 10.1. The van der Waals surface area contributed by atoms with E-state index >= 15 is 0 Å². The van der Waals surface area contributed by atoms with Crippen molar-refractivity contribution >= 4 is 5.69 Å². The number of hydrogen-bond acceptors (Lipinski definition) is 5. The minimum Gasteiger partial charge on any atom is -0.496 e. The topological polar surface area (TPSA) is 94.0 Å². The van der Waals surface area contributed by atoms with Gasteiger partial charge in [0.25, 0.3) is 0 Å². The molecule has 0 fully saturated rings. The van der Waals surface area contributed by atoms with Crippen LogP contribution in [0, 0.1) is 21.4 Å². The van der Waals surface area contributed by atoms with Crippen molar-refractivity contribution in [1.82, 2.24) is 9.78 Å². The Morgan fingerprint density at radius 1 is 1.58 bits per heavy atom. The molecular formula is C12H10N4O3. The summed E-state index contributed by atoms with van der Waals surface area (Å²) in [5.74, 6) is 0.608. The van der Waals surface area contributed by atoms with Crippen molar-refractivity contribution in [2.45, 2.75) is 6.54 Å². The van der Waals surface area contributed by atoms with Crippen LogP contribution < -0.4 is 4.74 Å². The van der Waals surface area contributed by atoms with E-state index in [4.69, 9.17) is 10.00 Å². The summed E-state index contributed by atoms with van der Waals surface area (Å²) in [7, 11) is 1.52. The van der Waals surface area contributed by atoms with Gasteiger partial charge in [0.15, 0.2) is 0 Å². The summed E-state index contributed by atoms with van der Waals surface area (Å²) in [6.45, 7) is 0.298. The third-order valence-corrected chi connectivity index (χ3v) is 2.57. The highest BCUT2D eigenvalue weighted by molar-refractivity contribution is 5.42. The normalized spacial score (nSPS) is 9.89. The maximum Gasteiger partial charge on any atom is 0.307 e. The first-order valence-corrected chi connectivity index (χ1v) is 5.38. The Morgan fingerprint density at radius 3 is 2.95 bits per heavy atom. The van der Waals surface area contributed by atoms with Crippen molar-refractivity contribution in [3.63, 3.8) is 0 Å². The van der Waals surface area contributed by atoms with Gasteiger partial charge in [-0.05, 0) is 18.2 Å². The van der Waals surface area contributed by atoms with Crippen LogP contribution in [0.2, 0.25) is 0 Å². The van der Waals surface area contributed by atoms with Gasteiger partial charge in [0, 0.05) is 5.56 Å². The lowest BCUT2D eigenvalue weighted by Crippen LogP contribution is -2.02. The molecule has 0 radical (unpaired) electrons. The molecule has 0 amide bonds. The van der Waals surface area contributed by atoms with E-state index in [0.29, 0.717) is 17.9 Å². The number of nitrogens with zero attached hydrogens (tertiary/aromatic N) is 4. The summed E-state index contributed by atoms with van der Waals surface area (Å²) in [6, 6.07) is 7.04. The van der Waals surface area contributed by atoms with Crippen molar-refractivity contribution in [1.29, 1.82) is 5.26 Å². The Labute approximate surface area is 108 Å². The van der Waals surface area contributed by atoms with Crippen LogP contribution in [-0.2, 0) is 6.54 Å². The standard InChI is InChI=1S/C12H10N4O3/c1-19-12-3-2-9(5-13)4-10(12)7-15-8-11(6-14-15)16(17)18/h2-4,6,8H,7H2,1H3. The number of rotatable bonds is 4. The fourth-order valence-electron chi connectivity index (χ4n) is 1.68. The number of benzene rings is 1. The smallest absolute Gasteiger partial charge is 0.307 e. The van der Waals surface area contributed by atoms with E-state index < -0.39 is 4.92 Å². The van der Waals surface area contributed by atoms with E-state index in [9.17, 15) is 10.1 Å². The third kappa shape index (κ3) is 2.69. The van der Waals surface area contributed by atoms with Gasteiger partial charge < -0.3 is 4.74 Å². The Balaban J connectivity index is 2.31. The largest absolute Gasteiger partial charge is 0.496 e. The molecule has 0 aliphatic heterocycles. The number of ether oxygens (including phenoxy) is 1. The second kappa shape index (κ2) is 5.18. The van der Waals surface area contributed by atoms with E-state index in [0.717, 1.165) is 5.56 Å². The molecule has 19 heavy (non-hydrogen) atoms. The van der Waals surface area contributed by atoms with Crippen molar-refractivity contribution in [2.24, 2.45) is 0 Å². The van der Waals surface area contributed by atoms with E-state index in [2.05, 4.69) is 5.10 Å². The Morgan fingerprint density at radius 2 is 2.37 bits per heavy atom. The summed E-state index contributed by atoms with van der Waals surface area (Å²) < 4.78 is 6.61. The molecule has 0 aliphatic rings. The van der Waals surface area contributed by atoms with Crippen LogP contribution in [0.5, 0.6) is 5.75 Å². The molecule has 1 aromatic carbocycles. The van der Waals surface area contributed by atoms with E-state index in [1.165, 1.54) is 24.2 Å². The highest BCUT2D eigenvalue weighted by Crippen LogP contribution is 2.21. The molecule has 0 N–H and O–H groups in total. The summed E-state index contributed by atoms with van der Waals surface area (Å²) >= 11 is 0. The molecule has 0 atom stereocenters. The molecule has 7 nitrogen and oxygen atoms in total. The lowest BCUT2D eigenvalue weighted by molar-refractivity contribution is -0.385. The highest BCUT2D eigenvalue weighted by Gasteiger charge is 2.11. The second-order valence-corrected chi connectivity index (χ2v) is 3.79. The molecule has 1 heterocycles. The van der Waals surface area contributed by atoms with Crippen molar-refractivity contribution in [3.05, 3.63) is 51.8 Å². The SMILES string of the molecule is COc1ccc(C#N)cc1Cn1cc([N+](=O)[O-])cn1. The molecule has 96 valence electrons. The first kappa shape index (κ1) is 12.6. The van der Waals surface area contributed by atoms with Gasteiger partial charge in [-0.25, -0.2) is 0 Å². The quantitative estimate of drug-likeness (QED) is 0.614. The lowest BCUT2D eigenvalue weighted by Gasteiger charge is -2.08. The van der Waals surface area contributed by atoms with Gasteiger partial charge >= 0.3 is 5.69 Å². The predicted molar refractivity (Wildman–Crippen MR) is 65.7 cm³/mol. The lowest BCUT2D eigenvalue weighted by atomic mass is 10.1. The van der Waals surface area contributed by atoms with Crippen molar-refractivity contribution in [2.75, 3.05) is 7.11 Å². The van der Waals surface area contributed by atoms with Gasteiger partial charge in [-0.3, -0.25) is 14.8 Å². The second-order valence-electron chi connectivity index (χ2n) is 3.79. The number of hydrogen-bond donors (Lipinski definition) is 0. The first-order valence-electron chi connectivity index (χ1n) is 5.38. The zero-order chi connectivity index (χ0) is 13.8. The summed E-state index contributed by atoms with van der Waals surface area (Å²) in [6.07, 6.45) is 2.51. The summed E-state index contributed by atoms with van der Waals surface area (Å²) in [5, 5.41) is 23.3. The predicted octanol–water partition coefficient (Wildman–Crippen LogP) is 1.72. The van der Waals surface area contributed by atoms with Gasteiger partial charge in [-0.2, -0.15) is 10.4 Å². The molecule has 0 saturated carbocycles. The zero-order valence-electron chi connectivity index (χ0n) is 10.1. The van der Waals surface area contributed by atoms with Crippen LogP contribution in [0.15, 0.2) is 30.6 Å². The number of nitriles is 1. The van der Waals surface area contributed by atoms with Crippen LogP contribution >= 0.6 is 0 Å². The molecule has 0 saturated heterocycles. The van der Waals surface area contributed by atoms with Gasteiger partial charge in [0.1, 0.15) is 18.1 Å². The number of methoxy groups -OCH3 is 1. The maximum atomic E-state index is 10.6. The monoisotopic (exact) mass is 258 g/mol. The average Bonchev–Trinajstić information content (AvgIpc) is 2.87. The zero-order valence-corrected chi connectivity index (χ0v) is 10.1. The van der Waals surface area contributed by atoms with Crippen LogP contribution in [0.4, 0.5) is 5.69 Å². The van der Waals surface area contributed by atoms with Crippen LogP contribution in [0.3, 0.4) is 0 Å². The Kier molecular flexibility index (Phi) is 3.43. The Hall–Kier alpha value is -2.88. The molecule has 1 aromatic heterocycles. The minimum atomic E-state index is -0.508. The highest BCUT2D eigenvalue weighted by atomic mass is 16.6. The maximum absolute atomic E-state index is 10.6. The molecule has 0 spiro atoms. The van der Waals surface area contributed by atoms with Gasteiger partial charge in [0.2, 0.25) is 0 Å². The van der Waals surface area contributed by atoms with Crippen molar-refractivity contribution in [3.8, 4) is 11.8 Å². The van der Waals surface area contributed by atoms with Crippen LogP contribution in [0.25, 0.3) is 0 Å². The minimum absolute atomic E-state index is 0.0737. The molecule has 7 heteroatoms. The average molecular weight is 258 g/mol. The molecule has 0 bridgehead atoms. The van der Waals surface area contributed by atoms with Crippen LogP contribution in [-0.4, -0.2) is 21.8 Å². The first-order chi connectivity index (χ1) is 9.13. The van der Waals surface area contributed by atoms with Gasteiger partial charge in [0.05, 0.1) is 30.2 Å². The Bertz CT molecular complexity index is 657. The van der Waals surface area contributed by atoms with E-state index in [1.807, 2.05) is 6.07 Å². The molecule has 2 aromatic rings. The number of nitro groups is 1.